The van der Waals surface area contributed by atoms with Crippen LogP contribution in [0.1, 0.15) is 11.1 Å². The van der Waals surface area contributed by atoms with Gasteiger partial charge >= 0.3 is 0 Å². The number of nitrogens with zero attached hydrogens (tertiary/aromatic N) is 1. The van der Waals surface area contributed by atoms with Gasteiger partial charge in [0.2, 0.25) is 0 Å². The zero-order valence-corrected chi connectivity index (χ0v) is 14.6. The number of aryl methyl sites for hydroxylation is 1. The van der Waals surface area contributed by atoms with Crippen LogP contribution in [-0.4, -0.2) is 32.7 Å². The van der Waals surface area contributed by atoms with E-state index in [1.165, 1.54) is 24.3 Å². The van der Waals surface area contributed by atoms with Gasteiger partial charge in [-0.15, -0.1) is 0 Å². The molecule has 2 radical (unpaired) electrons. The molecule has 2 aromatic carbocycles. The van der Waals surface area contributed by atoms with Gasteiger partial charge in [-0.3, -0.25) is 14.3 Å². The Morgan fingerprint density at radius 2 is 1.96 bits per heavy atom. The van der Waals surface area contributed by atoms with Gasteiger partial charge in [0, 0.05) is 13.0 Å². The maximum absolute atomic E-state index is 12.2. The van der Waals surface area contributed by atoms with E-state index in [9.17, 15) is 18.5 Å². The lowest BCUT2D eigenvalue weighted by atomic mass is 10.1. The molecule has 9 heteroatoms. The number of fused-ring (bicyclic) bond motifs is 1. The minimum absolute atomic E-state index is 0.00628. The molecule has 0 spiro atoms. The first kappa shape index (κ1) is 18.2. The van der Waals surface area contributed by atoms with E-state index < -0.39 is 21.1 Å². The van der Waals surface area contributed by atoms with E-state index in [0.717, 1.165) is 5.56 Å². The van der Waals surface area contributed by atoms with E-state index in [4.69, 9.17) is 20.6 Å². The summed E-state index contributed by atoms with van der Waals surface area (Å²) in [4.78, 5) is 10.3. The van der Waals surface area contributed by atoms with Gasteiger partial charge in [-0.05, 0) is 25.1 Å². The van der Waals surface area contributed by atoms with Crippen LogP contribution < -0.4 is 9.47 Å². The fourth-order valence-corrected chi connectivity index (χ4v) is 3.30. The number of ether oxygens (including phenoxy) is 2. The topological polar surface area (TPSA) is 105 Å². The molecular formula is C17H15NO7S. The van der Waals surface area contributed by atoms with E-state index in [1.807, 2.05) is 6.92 Å². The summed E-state index contributed by atoms with van der Waals surface area (Å²) in [6.45, 7) is 7.29. The van der Waals surface area contributed by atoms with Crippen molar-refractivity contribution < 1.29 is 27.0 Å². The molecule has 1 heterocycles. The number of hydrogen-bond acceptors (Lipinski definition) is 7. The van der Waals surface area contributed by atoms with Crippen LogP contribution in [0.25, 0.3) is 0 Å². The third-order valence-corrected chi connectivity index (χ3v) is 5.06. The normalized spacial score (nSPS) is 16.3. The molecule has 0 fully saturated rings. The van der Waals surface area contributed by atoms with Gasteiger partial charge in [-0.1, -0.05) is 17.7 Å². The number of rotatable bonds is 5. The predicted octanol–water partition coefficient (Wildman–Crippen LogP) is 2.51. The highest BCUT2D eigenvalue weighted by molar-refractivity contribution is 7.86. The minimum atomic E-state index is -3.96. The van der Waals surface area contributed by atoms with Crippen molar-refractivity contribution in [1.29, 1.82) is 0 Å². The summed E-state index contributed by atoms with van der Waals surface area (Å²) in [5.41, 5.74) is 0.418. The van der Waals surface area contributed by atoms with Crippen LogP contribution in [0.2, 0.25) is 0 Å². The maximum atomic E-state index is 12.2. The first-order valence-corrected chi connectivity index (χ1v) is 9.01. The molecule has 136 valence electrons. The van der Waals surface area contributed by atoms with Crippen LogP contribution in [0.3, 0.4) is 0 Å². The van der Waals surface area contributed by atoms with Crippen LogP contribution in [0.4, 0.5) is 5.69 Å². The van der Waals surface area contributed by atoms with Gasteiger partial charge < -0.3 is 9.47 Å². The molecule has 3 rings (SSSR count). The summed E-state index contributed by atoms with van der Waals surface area (Å²) in [6.07, 6.45) is -0.785. The van der Waals surface area contributed by atoms with Gasteiger partial charge in [-0.2, -0.15) is 8.42 Å². The number of nitro groups is 1. The molecule has 8 nitrogen and oxygen atoms in total. The van der Waals surface area contributed by atoms with Crippen molar-refractivity contribution in [3.05, 3.63) is 64.6 Å². The second-order valence-corrected chi connectivity index (χ2v) is 7.30. The van der Waals surface area contributed by atoms with Crippen molar-refractivity contribution in [2.75, 3.05) is 13.2 Å². The first-order valence-electron chi connectivity index (χ1n) is 7.60. The van der Waals surface area contributed by atoms with Crippen LogP contribution in [0.15, 0.2) is 41.3 Å². The van der Waals surface area contributed by atoms with Crippen LogP contribution in [0.5, 0.6) is 11.5 Å². The summed E-state index contributed by atoms with van der Waals surface area (Å²) in [5, 5.41) is 11.0. The third kappa shape index (κ3) is 3.63. The molecule has 1 aliphatic rings. The lowest BCUT2D eigenvalue weighted by molar-refractivity contribution is -0.385. The van der Waals surface area contributed by atoms with Crippen molar-refractivity contribution in [1.82, 2.24) is 0 Å². The number of hydrogen-bond donors (Lipinski definition) is 0. The van der Waals surface area contributed by atoms with Crippen molar-refractivity contribution in [2.45, 2.75) is 17.9 Å². The highest BCUT2D eigenvalue weighted by atomic mass is 32.2. The first-order chi connectivity index (χ1) is 12.3. The molecule has 0 N–H and O–H groups in total. The third-order valence-electron chi connectivity index (χ3n) is 3.76. The Morgan fingerprint density at radius 1 is 1.27 bits per heavy atom. The van der Waals surface area contributed by atoms with Crippen LogP contribution in [-0.2, 0) is 14.3 Å². The smallest absolute Gasteiger partial charge is 0.297 e. The monoisotopic (exact) mass is 377 g/mol. The quantitative estimate of drug-likeness (QED) is 0.448. The van der Waals surface area contributed by atoms with Crippen molar-refractivity contribution >= 4 is 15.8 Å². The molecule has 0 bridgehead atoms. The minimum Gasteiger partial charge on any atom is -0.486 e. The second-order valence-electron chi connectivity index (χ2n) is 5.69. The SMILES string of the molecule is [CH]c1c([N+](=O)[O-])ccc2c1OC(COS(=O)(=O)c1ccc(C)cc1)CO2. The fraction of sp³-hybridized carbons (Fsp3) is 0.235. The van der Waals surface area contributed by atoms with E-state index in [2.05, 4.69) is 0 Å². The Balaban J connectivity index is 1.72. The van der Waals surface area contributed by atoms with E-state index in [-0.39, 0.29) is 40.9 Å². The summed E-state index contributed by atoms with van der Waals surface area (Å²) in [5.74, 6) is 0.262. The van der Waals surface area contributed by atoms with Gasteiger partial charge in [-0.25, -0.2) is 0 Å². The fourth-order valence-electron chi connectivity index (χ4n) is 2.37. The highest BCUT2D eigenvalue weighted by Gasteiger charge is 2.29. The van der Waals surface area contributed by atoms with E-state index in [1.54, 1.807) is 12.1 Å². The molecule has 0 aromatic heterocycles. The Morgan fingerprint density at radius 3 is 2.62 bits per heavy atom. The second kappa shape index (κ2) is 6.93. The standard InChI is InChI=1S/C17H15NO7S/c1-11-3-5-14(6-4-11)26(21,22)24-10-13-9-23-16-8-7-15(18(19)20)12(2)17(16)25-13/h2-8,13H,9-10H2,1H3. The van der Waals surface area contributed by atoms with Crippen LogP contribution in [0, 0.1) is 24.0 Å². The van der Waals surface area contributed by atoms with Gasteiger partial charge in [0.25, 0.3) is 15.8 Å². The average Bonchev–Trinajstić information content (AvgIpc) is 2.60. The molecule has 1 atom stereocenters. The lowest BCUT2D eigenvalue weighted by Crippen LogP contribution is -2.34. The highest BCUT2D eigenvalue weighted by Crippen LogP contribution is 2.39. The predicted molar refractivity (Wildman–Crippen MR) is 90.7 cm³/mol. The average molecular weight is 377 g/mol. The van der Waals surface area contributed by atoms with E-state index >= 15 is 0 Å². The van der Waals surface area contributed by atoms with E-state index in [0.29, 0.717) is 0 Å². The summed E-state index contributed by atoms with van der Waals surface area (Å²) in [6, 6.07) is 8.80. The summed E-state index contributed by atoms with van der Waals surface area (Å²) < 4.78 is 40.4. The Hall–Kier alpha value is -2.65. The van der Waals surface area contributed by atoms with Crippen molar-refractivity contribution in [2.24, 2.45) is 0 Å². The molecule has 0 aliphatic carbocycles. The molecule has 2 aromatic rings. The van der Waals surface area contributed by atoms with Crippen molar-refractivity contribution in [3.63, 3.8) is 0 Å². The van der Waals surface area contributed by atoms with Gasteiger partial charge in [0.05, 0.1) is 15.4 Å². The Labute approximate surface area is 150 Å². The molecule has 1 aliphatic heterocycles. The Bertz CT molecular complexity index is 938. The molecule has 1 unspecified atom stereocenters. The van der Waals surface area contributed by atoms with Crippen LogP contribution >= 0.6 is 0 Å². The molecular weight excluding hydrogens is 362 g/mol. The summed E-state index contributed by atoms with van der Waals surface area (Å²) >= 11 is 0. The lowest BCUT2D eigenvalue weighted by Gasteiger charge is -2.27. The zero-order valence-electron chi connectivity index (χ0n) is 13.7. The van der Waals surface area contributed by atoms with Gasteiger partial charge in [0.1, 0.15) is 13.2 Å². The number of benzene rings is 2. The largest absolute Gasteiger partial charge is 0.486 e. The summed E-state index contributed by atoms with van der Waals surface area (Å²) in [7, 11) is -3.96. The molecule has 0 amide bonds. The maximum Gasteiger partial charge on any atom is 0.297 e. The zero-order chi connectivity index (χ0) is 18.9. The van der Waals surface area contributed by atoms with Crippen molar-refractivity contribution in [3.8, 4) is 11.5 Å². The number of nitro benzene ring substituents is 1. The van der Waals surface area contributed by atoms with Gasteiger partial charge in [0.15, 0.2) is 17.6 Å². The Kier molecular flexibility index (Phi) is 4.84. The molecule has 0 saturated heterocycles. The molecule has 26 heavy (non-hydrogen) atoms. The molecule has 0 saturated carbocycles.